The molecule has 0 aromatic carbocycles. The number of anilines is 1. The van der Waals surface area contributed by atoms with Gasteiger partial charge >= 0.3 is 0 Å². The molecule has 0 aliphatic carbocycles. The SMILES string of the molecule is Cc1cc(NC(=O)CCN(C)CCN)no1. The van der Waals surface area contributed by atoms with Crippen LogP contribution in [0.5, 0.6) is 0 Å². The van der Waals surface area contributed by atoms with Gasteiger partial charge in [-0.2, -0.15) is 0 Å². The number of nitrogens with one attached hydrogen (secondary N) is 1. The molecule has 6 heteroatoms. The number of rotatable bonds is 6. The largest absolute Gasteiger partial charge is 0.360 e. The van der Waals surface area contributed by atoms with E-state index in [2.05, 4.69) is 10.5 Å². The molecule has 0 bridgehead atoms. The van der Waals surface area contributed by atoms with E-state index in [-0.39, 0.29) is 5.91 Å². The maximum Gasteiger partial charge on any atom is 0.226 e. The molecule has 0 unspecified atom stereocenters. The van der Waals surface area contributed by atoms with Gasteiger partial charge < -0.3 is 20.5 Å². The van der Waals surface area contributed by atoms with E-state index in [1.807, 2.05) is 11.9 Å². The van der Waals surface area contributed by atoms with Gasteiger partial charge in [-0.05, 0) is 14.0 Å². The summed E-state index contributed by atoms with van der Waals surface area (Å²) >= 11 is 0. The Morgan fingerprint density at radius 3 is 2.94 bits per heavy atom. The second-order valence-corrected chi connectivity index (χ2v) is 3.71. The number of amides is 1. The van der Waals surface area contributed by atoms with Gasteiger partial charge in [-0.3, -0.25) is 4.79 Å². The molecule has 90 valence electrons. The van der Waals surface area contributed by atoms with Crippen molar-refractivity contribution in [2.45, 2.75) is 13.3 Å². The van der Waals surface area contributed by atoms with E-state index in [9.17, 15) is 4.79 Å². The zero-order valence-electron chi connectivity index (χ0n) is 9.69. The summed E-state index contributed by atoms with van der Waals surface area (Å²) < 4.78 is 4.84. The quantitative estimate of drug-likeness (QED) is 0.724. The lowest BCUT2D eigenvalue weighted by Crippen LogP contribution is -2.29. The van der Waals surface area contributed by atoms with Gasteiger partial charge in [-0.15, -0.1) is 0 Å². The van der Waals surface area contributed by atoms with Crippen molar-refractivity contribution < 1.29 is 9.32 Å². The second-order valence-electron chi connectivity index (χ2n) is 3.71. The highest BCUT2D eigenvalue weighted by molar-refractivity contribution is 5.89. The molecule has 1 aromatic heterocycles. The van der Waals surface area contributed by atoms with Crippen molar-refractivity contribution in [2.24, 2.45) is 5.73 Å². The van der Waals surface area contributed by atoms with Gasteiger partial charge in [-0.25, -0.2) is 0 Å². The molecule has 1 rings (SSSR count). The summed E-state index contributed by atoms with van der Waals surface area (Å²) in [6.07, 6.45) is 0.419. The molecule has 6 nitrogen and oxygen atoms in total. The zero-order valence-corrected chi connectivity index (χ0v) is 9.69. The average Bonchev–Trinajstić information content (AvgIpc) is 2.61. The monoisotopic (exact) mass is 226 g/mol. The molecule has 1 amide bonds. The summed E-state index contributed by atoms with van der Waals surface area (Å²) in [5.74, 6) is 1.07. The second kappa shape index (κ2) is 6.24. The first-order valence-electron chi connectivity index (χ1n) is 5.23. The fraction of sp³-hybridized carbons (Fsp3) is 0.600. The van der Waals surface area contributed by atoms with E-state index in [0.717, 1.165) is 6.54 Å². The number of likely N-dealkylation sites (N-methyl/N-ethyl adjacent to an activating group) is 1. The van der Waals surface area contributed by atoms with Crippen molar-refractivity contribution in [3.8, 4) is 0 Å². The van der Waals surface area contributed by atoms with E-state index in [0.29, 0.717) is 31.1 Å². The van der Waals surface area contributed by atoms with Gasteiger partial charge in [-0.1, -0.05) is 5.16 Å². The third kappa shape index (κ3) is 4.41. The molecule has 1 heterocycles. The smallest absolute Gasteiger partial charge is 0.226 e. The predicted octanol–water partition coefficient (Wildman–Crippen LogP) is 0.202. The Balaban J connectivity index is 2.26. The van der Waals surface area contributed by atoms with Gasteiger partial charge in [0.25, 0.3) is 0 Å². The van der Waals surface area contributed by atoms with Crippen LogP contribution in [0.1, 0.15) is 12.2 Å². The van der Waals surface area contributed by atoms with Crippen molar-refractivity contribution in [3.63, 3.8) is 0 Å². The molecule has 3 N–H and O–H groups in total. The van der Waals surface area contributed by atoms with E-state index < -0.39 is 0 Å². The van der Waals surface area contributed by atoms with Crippen molar-refractivity contribution in [1.29, 1.82) is 0 Å². The third-order valence-electron chi connectivity index (χ3n) is 2.13. The normalized spacial score (nSPS) is 10.8. The number of carbonyl (C=O) groups excluding carboxylic acids is 1. The van der Waals surface area contributed by atoms with Crippen LogP contribution >= 0.6 is 0 Å². The van der Waals surface area contributed by atoms with Crippen molar-refractivity contribution in [1.82, 2.24) is 10.1 Å². The summed E-state index contributed by atoms with van der Waals surface area (Å²) in [4.78, 5) is 13.5. The van der Waals surface area contributed by atoms with E-state index in [4.69, 9.17) is 10.3 Å². The molecule has 0 spiro atoms. The first-order chi connectivity index (χ1) is 7.61. The Hall–Kier alpha value is -1.40. The molecule has 1 aromatic rings. The van der Waals surface area contributed by atoms with Gasteiger partial charge in [0.2, 0.25) is 5.91 Å². The third-order valence-corrected chi connectivity index (χ3v) is 2.13. The summed E-state index contributed by atoms with van der Waals surface area (Å²) in [7, 11) is 1.93. The molecular formula is C10H18N4O2. The predicted molar refractivity (Wildman–Crippen MR) is 61.0 cm³/mol. The fourth-order valence-corrected chi connectivity index (χ4v) is 1.26. The van der Waals surface area contributed by atoms with Crippen LogP contribution < -0.4 is 11.1 Å². The zero-order chi connectivity index (χ0) is 12.0. The Bertz CT molecular complexity index is 337. The molecule has 0 aliphatic rings. The van der Waals surface area contributed by atoms with Gasteiger partial charge in [0, 0.05) is 32.1 Å². The number of nitrogens with zero attached hydrogens (tertiary/aromatic N) is 2. The Labute approximate surface area is 94.8 Å². The maximum atomic E-state index is 11.5. The highest BCUT2D eigenvalue weighted by atomic mass is 16.5. The number of hydrogen-bond donors (Lipinski definition) is 2. The van der Waals surface area contributed by atoms with Crippen LogP contribution in [-0.2, 0) is 4.79 Å². The van der Waals surface area contributed by atoms with Crippen molar-refractivity contribution >= 4 is 11.7 Å². The molecular weight excluding hydrogens is 208 g/mol. The van der Waals surface area contributed by atoms with E-state index in [1.54, 1.807) is 13.0 Å². The first-order valence-corrected chi connectivity index (χ1v) is 5.23. The summed E-state index contributed by atoms with van der Waals surface area (Å²) in [5, 5.41) is 6.34. The molecule has 0 saturated carbocycles. The minimum absolute atomic E-state index is 0.0721. The lowest BCUT2D eigenvalue weighted by molar-refractivity contribution is -0.116. The van der Waals surface area contributed by atoms with Crippen LogP contribution in [0.25, 0.3) is 0 Å². The summed E-state index contributed by atoms with van der Waals surface area (Å²) in [5.41, 5.74) is 5.40. The molecule has 0 saturated heterocycles. The molecule has 16 heavy (non-hydrogen) atoms. The lowest BCUT2D eigenvalue weighted by Gasteiger charge is -2.14. The summed E-state index contributed by atoms with van der Waals surface area (Å²) in [6.45, 7) is 3.84. The molecule has 0 atom stereocenters. The average molecular weight is 226 g/mol. The molecule has 0 fully saturated rings. The van der Waals surface area contributed by atoms with Crippen LogP contribution in [-0.4, -0.2) is 42.6 Å². The standard InChI is InChI=1S/C10H18N4O2/c1-8-7-9(13-16-8)12-10(15)3-5-14(2)6-4-11/h7H,3-6,11H2,1-2H3,(H,12,13,15). The fourth-order valence-electron chi connectivity index (χ4n) is 1.26. The van der Waals surface area contributed by atoms with Crippen LogP contribution in [0, 0.1) is 6.92 Å². The highest BCUT2D eigenvalue weighted by Crippen LogP contribution is 2.07. The first kappa shape index (κ1) is 12.7. The Kier molecular flexibility index (Phi) is 4.94. The highest BCUT2D eigenvalue weighted by Gasteiger charge is 2.07. The minimum atomic E-state index is -0.0721. The Morgan fingerprint density at radius 2 is 2.38 bits per heavy atom. The Morgan fingerprint density at radius 1 is 1.62 bits per heavy atom. The van der Waals surface area contributed by atoms with E-state index >= 15 is 0 Å². The van der Waals surface area contributed by atoms with Gasteiger partial charge in [0.05, 0.1) is 0 Å². The maximum absolute atomic E-state index is 11.5. The number of aryl methyl sites for hydroxylation is 1. The summed E-state index contributed by atoms with van der Waals surface area (Å²) in [6, 6.07) is 1.68. The van der Waals surface area contributed by atoms with Crippen molar-refractivity contribution in [2.75, 3.05) is 32.0 Å². The lowest BCUT2D eigenvalue weighted by atomic mass is 10.3. The topological polar surface area (TPSA) is 84.4 Å². The molecule has 0 aliphatic heterocycles. The van der Waals surface area contributed by atoms with Gasteiger partial charge in [0.15, 0.2) is 5.82 Å². The number of nitrogens with two attached hydrogens (primary N) is 1. The van der Waals surface area contributed by atoms with Crippen LogP contribution in [0.4, 0.5) is 5.82 Å². The number of carbonyl (C=O) groups is 1. The number of hydrogen-bond acceptors (Lipinski definition) is 5. The minimum Gasteiger partial charge on any atom is -0.360 e. The van der Waals surface area contributed by atoms with Gasteiger partial charge in [0.1, 0.15) is 5.76 Å². The number of aromatic nitrogens is 1. The molecule has 0 radical (unpaired) electrons. The van der Waals surface area contributed by atoms with Crippen molar-refractivity contribution in [3.05, 3.63) is 11.8 Å². The van der Waals surface area contributed by atoms with E-state index in [1.165, 1.54) is 0 Å². The van der Waals surface area contributed by atoms with Crippen LogP contribution in [0.3, 0.4) is 0 Å². The van der Waals surface area contributed by atoms with Crippen LogP contribution in [0.15, 0.2) is 10.6 Å². The van der Waals surface area contributed by atoms with Crippen LogP contribution in [0.2, 0.25) is 0 Å².